The molecular weight excluding hydrogens is 344 g/mol. The van der Waals surface area contributed by atoms with E-state index in [0.717, 1.165) is 0 Å². The van der Waals surface area contributed by atoms with Gasteiger partial charge < -0.3 is 14.8 Å². The highest BCUT2D eigenvalue weighted by molar-refractivity contribution is 7.89. The van der Waals surface area contributed by atoms with Crippen molar-refractivity contribution in [3.8, 4) is 17.6 Å². The van der Waals surface area contributed by atoms with Crippen molar-refractivity contribution < 1.29 is 17.9 Å². The van der Waals surface area contributed by atoms with Gasteiger partial charge in [0.25, 0.3) is 0 Å². The Labute approximate surface area is 146 Å². The van der Waals surface area contributed by atoms with Gasteiger partial charge in [0, 0.05) is 25.4 Å². The van der Waals surface area contributed by atoms with Crippen LogP contribution in [0.3, 0.4) is 0 Å². The predicted molar refractivity (Wildman–Crippen MR) is 92.2 cm³/mol. The van der Waals surface area contributed by atoms with Crippen molar-refractivity contribution in [2.24, 2.45) is 0 Å². The first-order valence-electron chi connectivity index (χ1n) is 7.32. The number of nitriles is 1. The first kappa shape index (κ1) is 18.5. The third-order valence-electron chi connectivity index (χ3n) is 3.30. The minimum atomic E-state index is -3.70. The van der Waals surface area contributed by atoms with Gasteiger partial charge in [-0.1, -0.05) is 0 Å². The van der Waals surface area contributed by atoms with Crippen LogP contribution in [0.25, 0.3) is 0 Å². The maximum absolute atomic E-state index is 12.3. The van der Waals surface area contributed by atoms with E-state index in [1.807, 2.05) is 6.07 Å². The standard InChI is InChI=1S/C16H18N4O4S/c1-23-14-6-5-13(10-15(14)24-2)25(21,22)20-9-8-19-16-12(11-17)4-3-7-18-16/h3-7,10,20H,8-9H2,1-2H3,(H,18,19). The number of methoxy groups -OCH3 is 2. The van der Waals surface area contributed by atoms with E-state index in [2.05, 4.69) is 15.0 Å². The second kappa shape index (κ2) is 8.32. The number of hydrogen-bond acceptors (Lipinski definition) is 7. The summed E-state index contributed by atoms with van der Waals surface area (Å²) in [6.07, 6.45) is 1.55. The van der Waals surface area contributed by atoms with Crippen LogP contribution >= 0.6 is 0 Å². The van der Waals surface area contributed by atoms with Crippen LogP contribution in [0, 0.1) is 11.3 Å². The highest BCUT2D eigenvalue weighted by Crippen LogP contribution is 2.29. The van der Waals surface area contributed by atoms with Crippen LogP contribution in [0.15, 0.2) is 41.4 Å². The van der Waals surface area contributed by atoms with Gasteiger partial charge in [-0.05, 0) is 24.3 Å². The van der Waals surface area contributed by atoms with Gasteiger partial charge in [-0.3, -0.25) is 0 Å². The molecule has 0 aliphatic rings. The zero-order valence-electron chi connectivity index (χ0n) is 13.8. The van der Waals surface area contributed by atoms with Gasteiger partial charge in [-0.25, -0.2) is 18.1 Å². The lowest BCUT2D eigenvalue weighted by Gasteiger charge is -2.11. The van der Waals surface area contributed by atoms with Gasteiger partial charge in [0.05, 0.1) is 24.7 Å². The Morgan fingerprint density at radius 3 is 2.60 bits per heavy atom. The van der Waals surface area contributed by atoms with Crippen molar-refractivity contribution in [1.29, 1.82) is 5.26 Å². The minimum Gasteiger partial charge on any atom is -0.493 e. The smallest absolute Gasteiger partial charge is 0.240 e. The van der Waals surface area contributed by atoms with Crippen molar-refractivity contribution in [2.75, 3.05) is 32.6 Å². The van der Waals surface area contributed by atoms with Crippen LogP contribution in [0.5, 0.6) is 11.5 Å². The fourth-order valence-electron chi connectivity index (χ4n) is 2.07. The number of pyridine rings is 1. The molecule has 1 heterocycles. The molecule has 8 nitrogen and oxygen atoms in total. The maximum atomic E-state index is 12.3. The molecular formula is C16H18N4O4S. The summed E-state index contributed by atoms with van der Waals surface area (Å²) in [5, 5.41) is 11.9. The van der Waals surface area contributed by atoms with Gasteiger partial charge >= 0.3 is 0 Å². The van der Waals surface area contributed by atoms with Gasteiger partial charge in [0.1, 0.15) is 11.9 Å². The van der Waals surface area contributed by atoms with E-state index < -0.39 is 10.0 Å². The molecule has 0 spiro atoms. The van der Waals surface area contributed by atoms with Crippen LogP contribution in [0.4, 0.5) is 5.82 Å². The molecule has 1 aromatic heterocycles. The molecule has 2 N–H and O–H groups in total. The Hall–Kier alpha value is -2.83. The van der Waals surface area contributed by atoms with E-state index in [1.165, 1.54) is 32.4 Å². The third-order valence-corrected chi connectivity index (χ3v) is 4.76. The van der Waals surface area contributed by atoms with Gasteiger partial charge in [0.15, 0.2) is 11.5 Å². The highest BCUT2D eigenvalue weighted by atomic mass is 32.2. The zero-order chi connectivity index (χ0) is 18.3. The third kappa shape index (κ3) is 4.59. The van der Waals surface area contributed by atoms with Crippen LogP contribution in [-0.2, 0) is 10.0 Å². The second-order valence-electron chi connectivity index (χ2n) is 4.85. The average Bonchev–Trinajstić information content (AvgIpc) is 2.64. The van der Waals surface area contributed by atoms with Crippen LogP contribution in [0.2, 0.25) is 0 Å². The van der Waals surface area contributed by atoms with E-state index >= 15 is 0 Å². The van der Waals surface area contributed by atoms with Gasteiger partial charge in [-0.15, -0.1) is 0 Å². The van der Waals surface area contributed by atoms with Crippen molar-refractivity contribution in [3.05, 3.63) is 42.1 Å². The minimum absolute atomic E-state index is 0.0701. The summed E-state index contributed by atoms with van der Waals surface area (Å²) < 4.78 is 37.3. The first-order valence-corrected chi connectivity index (χ1v) is 8.81. The Morgan fingerprint density at radius 1 is 1.16 bits per heavy atom. The van der Waals surface area contributed by atoms with Crippen LogP contribution in [0.1, 0.15) is 5.56 Å². The number of rotatable bonds is 8. The number of nitrogens with zero attached hydrogens (tertiary/aromatic N) is 2. The van der Waals surface area contributed by atoms with E-state index in [1.54, 1.807) is 18.3 Å². The summed E-state index contributed by atoms with van der Waals surface area (Å²) in [6, 6.07) is 9.65. The summed E-state index contributed by atoms with van der Waals surface area (Å²) in [6.45, 7) is 0.399. The van der Waals surface area contributed by atoms with Crippen molar-refractivity contribution in [1.82, 2.24) is 9.71 Å². The van der Waals surface area contributed by atoms with Crippen LogP contribution in [-0.4, -0.2) is 40.7 Å². The average molecular weight is 362 g/mol. The van der Waals surface area contributed by atoms with E-state index in [9.17, 15) is 8.42 Å². The topological polar surface area (TPSA) is 113 Å². The molecule has 0 aliphatic carbocycles. The summed E-state index contributed by atoms with van der Waals surface area (Å²) in [5.41, 5.74) is 0.394. The first-order chi connectivity index (χ1) is 12.0. The molecule has 2 aromatic rings. The number of nitrogens with one attached hydrogen (secondary N) is 2. The Morgan fingerprint density at radius 2 is 1.92 bits per heavy atom. The molecule has 0 radical (unpaired) electrons. The number of hydrogen-bond donors (Lipinski definition) is 2. The van der Waals surface area contributed by atoms with Crippen LogP contribution < -0.4 is 19.5 Å². The van der Waals surface area contributed by atoms with E-state index in [4.69, 9.17) is 14.7 Å². The lowest BCUT2D eigenvalue weighted by molar-refractivity contribution is 0.354. The van der Waals surface area contributed by atoms with Crippen molar-refractivity contribution >= 4 is 15.8 Å². The monoisotopic (exact) mass is 362 g/mol. The fraction of sp³-hybridized carbons (Fsp3) is 0.250. The quantitative estimate of drug-likeness (QED) is 0.682. The van der Waals surface area contributed by atoms with Crippen molar-refractivity contribution in [3.63, 3.8) is 0 Å². The molecule has 0 aliphatic heterocycles. The lowest BCUT2D eigenvalue weighted by Crippen LogP contribution is -2.29. The number of benzene rings is 1. The molecule has 0 saturated heterocycles. The summed E-state index contributed by atoms with van der Waals surface area (Å²) in [7, 11) is -0.788. The SMILES string of the molecule is COc1ccc(S(=O)(=O)NCCNc2ncccc2C#N)cc1OC. The molecule has 0 saturated carbocycles. The molecule has 1 aromatic carbocycles. The molecule has 25 heavy (non-hydrogen) atoms. The van der Waals surface area contributed by atoms with Gasteiger partial charge in [-0.2, -0.15) is 5.26 Å². The Bertz CT molecular complexity index is 878. The molecule has 0 fully saturated rings. The number of sulfonamides is 1. The van der Waals surface area contributed by atoms with Gasteiger partial charge in [0.2, 0.25) is 10.0 Å². The van der Waals surface area contributed by atoms with E-state index in [0.29, 0.717) is 22.9 Å². The Kier molecular flexibility index (Phi) is 6.16. The number of aromatic nitrogens is 1. The summed E-state index contributed by atoms with van der Waals surface area (Å²) in [5.74, 6) is 1.19. The van der Waals surface area contributed by atoms with E-state index in [-0.39, 0.29) is 18.0 Å². The zero-order valence-corrected chi connectivity index (χ0v) is 14.6. The fourth-order valence-corrected chi connectivity index (χ4v) is 3.12. The largest absolute Gasteiger partial charge is 0.493 e. The molecule has 0 atom stereocenters. The number of anilines is 1. The molecule has 0 unspecified atom stereocenters. The number of ether oxygens (including phenoxy) is 2. The molecule has 2 rings (SSSR count). The van der Waals surface area contributed by atoms with Crippen molar-refractivity contribution in [2.45, 2.75) is 4.90 Å². The summed E-state index contributed by atoms with van der Waals surface area (Å²) >= 11 is 0. The maximum Gasteiger partial charge on any atom is 0.240 e. The predicted octanol–water partition coefficient (Wildman–Crippen LogP) is 1.36. The molecule has 9 heteroatoms. The normalized spacial score (nSPS) is 10.8. The summed E-state index contributed by atoms with van der Waals surface area (Å²) in [4.78, 5) is 4.11. The lowest BCUT2D eigenvalue weighted by atomic mass is 10.3. The molecule has 0 bridgehead atoms. The molecule has 0 amide bonds. The molecule has 132 valence electrons. The second-order valence-corrected chi connectivity index (χ2v) is 6.62. The highest BCUT2D eigenvalue weighted by Gasteiger charge is 2.16. The Balaban J connectivity index is 1.99.